The van der Waals surface area contributed by atoms with E-state index in [1.165, 1.54) is 4.88 Å². The van der Waals surface area contributed by atoms with Gasteiger partial charge >= 0.3 is 6.03 Å². The SMILES string of the molecule is CC(C)COCC(NC(=O)NCCc1cccs1)c1ccco1. The van der Waals surface area contributed by atoms with Crippen LogP contribution in [-0.2, 0) is 11.2 Å². The van der Waals surface area contributed by atoms with E-state index in [1.54, 1.807) is 23.7 Å². The lowest BCUT2D eigenvalue weighted by Crippen LogP contribution is -2.40. The van der Waals surface area contributed by atoms with Crippen LogP contribution in [0.15, 0.2) is 40.3 Å². The van der Waals surface area contributed by atoms with E-state index in [2.05, 4.69) is 30.5 Å². The zero-order valence-electron chi connectivity index (χ0n) is 13.6. The van der Waals surface area contributed by atoms with Crippen LogP contribution in [0.5, 0.6) is 0 Å². The van der Waals surface area contributed by atoms with Gasteiger partial charge in [0.2, 0.25) is 0 Å². The molecule has 0 aliphatic rings. The van der Waals surface area contributed by atoms with E-state index in [4.69, 9.17) is 9.15 Å². The minimum atomic E-state index is -0.287. The van der Waals surface area contributed by atoms with Crippen molar-refractivity contribution in [3.8, 4) is 0 Å². The summed E-state index contributed by atoms with van der Waals surface area (Å²) in [5.74, 6) is 1.15. The van der Waals surface area contributed by atoms with Gasteiger partial charge < -0.3 is 19.8 Å². The number of carbonyl (C=O) groups excluding carboxylic acids is 1. The molecule has 2 heterocycles. The largest absolute Gasteiger partial charge is 0.467 e. The normalized spacial score (nSPS) is 12.3. The maximum Gasteiger partial charge on any atom is 0.315 e. The van der Waals surface area contributed by atoms with Gasteiger partial charge in [0, 0.05) is 18.0 Å². The van der Waals surface area contributed by atoms with E-state index in [0.29, 0.717) is 31.4 Å². The number of ether oxygens (including phenoxy) is 1. The lowest BCUT2D eigenvalue weighted by Gasteiger charge is -2.18. The van der Waals surface area contributed by atoms with Crippen molar-refractivity contribution in [1.82, 2.24) is 10.6 Å². The minimum Gasteiger partial charge on any atom is -0.467 e. The topological polar surface area (TPSA) is 63.5 Å². The van der Waals surface area contributed by atoms with Crippen molar-refractivity contribution in [2.24, 2.45) is 5.92 Å². The molecule has 2 rings (SSSR count). The van der Waals surface area contributed by atoms with Gasteiger partial charge in [-0.25, -0.2) is 4.79 Å². The van der Waals surface area contributed by atoms with Crippen molar-refractivity contribution in [2.45, 2.75) is 26.3 Å². The van der Waals surface area contributed by atoms with Gasteiger partial charge in [-0.05, 0) is 35.9 Å². The lowest BCUT2D eigenvalue weighted by atomic mass is 10.2. The number of urea groups is 1. The molecule has 0 saturated carbocycles. The smallest absolute Gasteiger partial charge is 0.315 e. The Morgan fingerprint density at radius 1 is 1.30 bits per heavy atom. The summed E-state index contributed by atoms with van der Waals surface area (Å²) in [6.07, 6.45) is 2.43. The van der Waals surface area contributed by atoms with Crippen LogP contribution >= 0.6 is 11.3 Å². The molecule has 2 N–H and O–H groups in total. The molecule has 6 heteroatoms. The van der Waals surface area contributed by atoms with Crippen molar-refractivity contribution < 1.29 is 13.9 Å². The zero-order valence-corrected chi connectivity index (χ0v) is 14.4. The summed E-state index contributed by atoms with van der Waals surface area (Å²) in [6.45, 7) is 5.83. The summed E-state index contributed by atoms with van der Waals surface area (Å²) in [7, 11) is 0. The molecule has 0 spiro atoms. The first kappa shape index (κ1) is 17.6. The fourth-order valence-electron chi connectivity index (χ4n) is 2.07. The molecule has 1 atom stereocenters. The number of nitrogens with one attached hydrogen (secondary N) is 2. The van der Waals surface area contributed by atoms with E-state index in [-0.39, 0.29) is 12.1 Å². The molecular formula is C17H24N2O3S. The molecule has 2 aromatic rings. The summed E-state index contributed by atoms with van der Waals surface area (Å²) in [5, 5.41) is 7.82. The average molecular weight is 336 g/mol. The highest BCUT2D eigenvalue weighted by Crippen LogP contribution is 2.14. The number of hydrogen-bond acceptors (Lipinski definition) is 4. The molecule has 0 bridgehead atoms. The van der Waals surface area contributed by atoms with E-state index in [9.17, 15) is 4.79 Å². The van der Waals surface area contributed by atoms with Crippen LogP contribution in [0.4, 0.5) is 4.79 Å². The maximum atomic E-state index is 12.1. The van der Waals surface area contributed by atoms with Gasteiger partial charge in [0.15, 0.2) is 0 Å². The standard InChI is InChI=1S/C17H24N2O3S/c1-13(2)11-21-12-15(16-6-3-9-22-16)19-17(20)18-8-7-14-5-4-10-23-14/h3-6,9-10,13,15H,7-8,11-12H2,1-2H3,(H2,18,19,20). The molecule has 0 radical (unpaired) electrons. The lowest BCUT2D eigenvalue weighted by molar-refractivity contribution is 0.0868. The van der Waals surface area contributed by atoms with Crippen molar-refractivity contribution in [3.63, 3.8) is 0 Å². The van der Waals surface area contributed by atoms with Crippen molar-refractivity contribution in [3.05, 3.63) is 46.5 Å². The molecule has 0 aliphatic heterocycles. The monoisotopic (exact) mass is 336 g/mol. The number of carbonyl (C=O) groups is 1. The second kappa shape index (κ2) is 9.37. The third kappa shape index (κ3) is 6.46. The van der Waals surface area contributed by atoms with E-state index in [0.717, 1.165) is 6.42 Å². The highest BCUT2D eigenvalue weighted by atomic mass is 32.1. The Hall–Kier alpha value is -1.79. The van der Waals surface area contributed by atoms with Crippen LogP contribution in [0.1, 0.15) is 30.5 Å². The fourth-order valence-corrected chi connectivity index (χ4v) is 2.78. The highest BCUT2D eigenvalue weighted by Gasteiger charge is 2.17. The first-order chi connectivity index (χ1) is 11.1. The van der Waals surface area contributed by atoms with Gasteiger partial charge in [-0.3, -0.25) is 0 Å². The second-order valence-corrected chi connectivity index (χ2v) is 6.76. The predicted octanol–water partition coefficient (Wildman–Crippen LogP) is 3.60. The second-order valence-electron chi connectivity index (χ2n) is 5.73. The highest BCUT2D eigenvalue weighted by molar-refractivity contribution is 7.09. The molecule has 126 valence electrons. The molecular weight excluding hydrogens is 312 g/mol. The van der Waals surface area contributed by atoms with E-state index < -0.39 is 0 Å². The van der Waals surface area contributed by atoms with E-state index >= 15 is 0 Å². The molecule has 0 aromatic carbocycles. The van der Waals surface area contributed by atoms with Crippen LogP contribution in [0.2, 0.25) is 0 Å². The zero-order chi connectivity index (χ0) is 16.5. The first-order valence-corrected chi connectivity index (χ1v) is 8.71. The maximum absolute atomic E-state index is 12.1. The fraction of sp³-hybridized carbons (Fsp3) is 0.471. The molecule has 2 aromatic heterocycles. The third-order valence-electron chi connectivity index (χ3n) is 3.16. The van der Waals surface area contributed by atoms with Gasteiger partial charge in [0.25, 0.3) is 0 Å². The van der Waals surface area contributed by atoms with Gasteiger partial charge in [-0.1, -0.05) is 19.9 Å². The van der Waals surface area contributed by atoms with Crippen LogP contribution in [-0.4, -0.2) is 25.8 Å². The molecule has 23 heavy (non-hydrogen) atoms. The third-order valence-corrected chi connectivity index (χ3v) is 4.10. The van der Waals surface area contributed by atoms with Gasteiger partial charge in [0.05, 0.1) is 12.9 Å². The Bertz CT molecular complexity index is 552. The molecule has 2 amide bonds. The van der Waals surface area contributed by atoms with Crippen molar-refractivity contribution >= 4 is 17.4 Å². The number of thiophene rings is 1. The van der Waals surface area contributed by atoms with E-state index in [1.807, 2.05) is 17.5 Å². The Labute approximate surface area is 141 Å². The molecule has 1 unspecified atom stereocenters. The summed E-state index contributed by atoms with van der Waals surface area (Å²) in [4.78, 5) is 13.3. The minimum absolute atomic E-state index is 0.212. The summed E-state index contributed by atoms with van der Waals surface area (Å²) >= 11 is 1.69. The van der Waals surface area contributed by atoms with Gasteiger partial charge in [-0.2, -0.15) is 0 Å². The van der Waals surface area contributed by atoms with Crippen LogP contribution in [0, 0.1) is 5.92 Å². The van der Waals surface area contributed by atoms with Gasteiger partial charge in [0.1, 0.15) is 11.8 Å². The Kier molecular flexibility index (Phi) is 7.16. The summed E-state index contributed by atoms with van der Waals surface area (Å²) < 4.78 is 11.0. The van der Waals surface area contributed by atoms with Crippen LogP contribution < -0.4 is 10.6 Å². The number of furan rings is 1. The molecule has 0 saturated heterocycles. The predicted molar refractivity (Wildman–Crippen MR) is 91.7 cm³/mol. The average Bonchev–Trinajstić information content (AvgIpc) is 3.19. The van der Waals surface area contributed by atoms with Crippen molar-refractivity contribution in [1.29, 1.82) is 0 Å². The number of rotatable bonds is 9. The summed E-state index contributed by atoms with van der Waals surface area (Å²) in [6, 6.07) is 7.23. The summed E-state index contributed by atoms with van der Waals surface area (Å²) in [5.41, 5.74) is 0. The quantitative estimate of drug-likeness (QED) is 0.735. The Morgan fingerprint density at radius 2 is 2.17 bits per heavy atom. The Morgan fingerprint density at radius 3 is 2.83 bits per heavy atom. The van der Waals surface area contributed by atoms with Crippen LogP contribution in [0.3, 0.4) is 0 Å². The molecule has 5 nitrogen and oxygen atoms in total. The Balaban J connectivity index is 1.77. The molecule has 0 fully saturated rings. The molecule has 0 aliphatic carbocycles. The number of amides is 2. The number of hydrogen-bond donors (Lipinski definition) is 2. The van der Waals surface area contributed by atoms with Crippen LogP contribution in [0.25, 0.3) is 0 Å². The van der Waals surface area contributed by atoms with Gasteiger partial charge in [-0.15, -0.1) is 11.3 Å². The first-order valence-electron chi connectivity index (χ1n) is 7.83. The van der Waals surface area contributed by atoms with Crippen molar-refractivity contribution in [2.75, 3.05) is 19.8 Å².